The van der Waals surface area contributed by atoms with Crippen LogP contribution in [0, 0.1) is 0 Å². The lowest BCUT2D eigenvalue weighted by molar-refractivity contribution is 0.322. The number of guanidine groups is 1. The molecule has 0 radical (unpaired) electrons. The molecule has 0 aliphatic heterocycles. The highest BCUT2D eigenvalue weighted by atomic mass is 127. The van der Waals surface area contributed by atoms with Crippen LogP contribution < -0.4 is 25.3 Å². The van der Waals surface area contributed by atoms with E-state index in [4.69, 9.17) is 19.9 Å². The Hall–Kier alpha value is -1.38. The first-order chi connectivity index (χ1) is 12.7. The van der Waals surface area contributed by atoms with Crippen molar-refractivity contribution in [3.8, 4) is 17.2 Å². The molecule has 0 atom stereocenters. The topological polar surface area (TPSA) is 78.1 Å². The molecule has 0 heterocycles. The van der Waals surface area contributed by atoms with Crippen LogP contribution >= 0.6 is 24.0 Å². The van der Waals surface area contributed by atoms with Crippen molar-refractivity contribution in [1.29, 1.82) is 0 Å². The molecule has 0 fully saturated rings. The number of hydrogen-bond donors (Lipinski definition) is 2. The Kier molecular flexibility index (Phi) is 14.9. The van der Waals surface area contributed by atoms with Gasteiger partial charge in [-0.2, -0.15) is 0 Å². The molecular weight excluding hydrogens is 457 g/mol. The lowest BCUT2D eigenvalue weighted by Crippen LogP contribution is -2.33. The van der Waals surface area contributed by atoms with Gasteiger partial charge >= 0.3 is 0 Å². The Balaban J connectivity index is 0.00000676. The maximum atomic E-state index is 5.94. The van der Waals surface area contributed by atoms with E-state index in [0.717, 1.165) is 24.9 Å². The summed E-state index contributed by atoms with van der Waals surface area (Å²) in [6.07, 6.45) is 8.27. The van der Waals surface area contributed by atoms with Gasteiger partial charge in [0.2, 0.25) is 5.75 Å². The first-order valence-electron chi connectivity index (χ1n) is 9.49. The Labute approximate surface area is 181 Å². The fourth-order valence-electron chi connectivity index (χ4n) is 2.83. The third-order valence-corrected chi connectivity index (χ3v) is 4.28. The summed E-state index contributed by atoms with van der Waals surface area (Å²) in [5.74, 6) is 2.45. The number of rotatable bonds is 13. The monoisotopic (exact) mass is 493 g/mol. The zero-order valence-corrected chi connectivity index (χ0v) is 19.5. The molecule has 1 aromatic rings. The molecule has 27 heavy (non-hydrogen) atoms. The number of ether oxygens (including phenoxy) is 3. The van der Waals surface area contributed by atoms with Gasteiger partial charge in [0.05, 0.1) is 21.3 Å². The summed E-state index contributed by atoms with van der Waals surface area (Å²) in [6, 6.07) is 3.86. The van der Waals surface area contributed by atoms with Crippen molar-refractivity contribution in [3.63, 3.8) is 0 Å². The van der Waals surface area contributed by atoms with E-state index in [1.165, 1.54) is 32.1 Å². The molecule has 1 aromatic carbocycles. The zero-order valence-electron chi connectivity index (χ0n) is 17.2. The molecule has 0 unspecified atom stereocenters. The first kappa shape index (κ1) is 25.6. The number of aliphatic imine (C=N–C) groups is 1. The van der Waals surface area contributed by atoms with E-state index in [1.807, 2.05) is 12.1 Å². The van der Waals surface area contributed by atoms with E-state index in [-0.39, 0.29) is 24.0 Å². The van der Waals surface area contributed by atoms with Gasteiger partial charge in [-0.1, -0.05) is 45.1 Å². The van der Waals surface area contributed by atoms with E-state index in [2.05, 4.69) is 17.2 Å². The van der Waals surface area contributed by atoms with E-state index in [0.29, 0.717) is 29.8 Å². The quantitative estimate of drug-likeness (QED) is 0.187. The van der Waals surface area contributed by atoms with Crippen molar-refractivity contribution < 1.29 is 14.2 Å². The molecule has 0 aromatic heterocycles. The van der Waals surface area contributed by atoms with Crippen LogP contribution in [0.25, 0.3) is 0 Å². The lowest BCUT2D eigenvalue weighted by Gasteiger charge is -2.16. The normalized spacial score (nSPS) is 10.9. The SMILES string of the molecule is CCCCCCCCN=C(N)NCCc1ccc(OC)c(OC)c1OC.I. The maximum absolute atomic E-state index is 5.94. The van der Waals surface area contributed by atoms with Crippen molar-refractivity contribution in [2.45, 2.75) is 51.9 Å². The van der Waals surface area contributed by atoms with Crippen molar-refractivity contribution in [2.24, 2.45) is 10.7 Å². The minimum Gasteiger partial charge on any atom is -0.493 e. The van der Waals surface area contributed by atoms with E-state index < -0.39 is 0 Å². The fourth-order valence-corrected chi connectivity index (χ4v) is 2.83. The molecule has 0 bridgehead atoms. The third-order valence-electron chi connectivity index (χ3n) is 4.28. The van der Waals surface area contributed by atoms with Crippen LogP contribution in [-0.2, 0) is 6.42 Å². The van der Waals surface area contributed by atoms with Gasteiger partial charge in [0.1, 0.15) is 0 Å². The van der Waals surface area contributed by atoms with Crippen LogP contribution in [0.3, 0.4) is 0 Å². The minimum atomic E-state index is 0. The molecule has 0 aliphatic rings. The van der Waals surface area contributed by atoms with Crippen molar-refractivity contribution in [3.05, 3.63) is 17.7 Å². The predicted octanol–water partition coefficient (Wildman–Crippen LogP) is 4.14. The smallest absolute Gasteiger partial charge is 0.203 e. The summed E-state index contributed by atoms with van der Waals surface area (Å²) in [5, 5.41) is 3.16. The van der Waals surface area contributed by atoms with Crippen molar-refractivity contribution >= 4 is 29.9 Å². The highest BCUT2D eigenvalue weighted by molar-refractivity contribution is 14.0. The summed E-state index contributed by atoms with van der Waals surface area (Å²) in [4.78, 5) is 4.38. The first-order valence-corrected chi connectivity index (χ1v) is 9.49. The van der Waals surface area contributed by atoms with Crippen LogP contribution in [0.15, 0.2) is 17.1 Å². The van der Waals surface area contributed by atoms with Gasteiger partial charge in [-0.15, -0.1) is 24.0 Å². The number of nitrogens with two attached hydrogens (primary N) is 1. The van der Waals surface area contributed by atoms with Gasteiger partial charge in [0, 0.05) is 18.7 Å². The zero-order chi connectivity index (χ0) is 19.2. The highest BCUT2D eigenvalue weighted by Crippen LogP contribution is 2.39. The van der Waals surface area contributed by atoms with Gasteiger partial charge < -0.3 is 25.3 Å². The third kappa shape index (κ3) is 9.39. The molecule has 0 saturated carbocycles. The molecule has 7 heteroatoms. The summed E-state index contributed by atoms with van der Waals surface area (Å²) in [6.45, 7) is 3.69. The van der Waals surface area contributed by atoms with Gasteiger partial charge in [-0.05, 0) is 18.9 Å². The number of nitrogens with zero attached hydrogens (tertiary/aromatic N) is 1. The van der Waals surface area contributed by atoms with Gasteiger partial charge in [0.15, 0.2) is 17.5 Å². The maximum Gasteiger partial charge on any atom is 0.203 e. The van der Waals surface area contributed by atoms with Gasteiger partial charge in [-0.25, -0.2) is 0 Å². The van der Waals surface area contributed by atoms with Crippen LogP contribution in [-0.4, -0.2) is 40.4 Å². The largest absolute Gasteiger partial charge is 0.493 e. The van der Waals surface area contributed by atoms with Crippen molar-refractivity contribution in [2.75, 3.05) is 34.4 Å². The summed E-state index contributed by atoms with van der Waals surface area (Å²) < 4.78 is 16.2. The molecule has 0 spiro atoms. The Bertz CT molecular complexity index is 554. The Morgan fingerprint density at radius 3 is 2.26 bits per heavy atom. The molecule has 0 amide bonds. The second kappa shape index (κ2) is 15.7. The van der Waals surface area contributed by atoms with Gasteiger partial charge in [-0.3, -0.25) is 4.99 Å². The molecule has 0 saturated heterocycles. The summed E-state index contributed by atoms with van der Waals surface area (Å²) >= 11 is 0. The van der Waals surface area contributed by atoms with Crippen LogP contribution in [0.4, 0.5) is 0 Å². The van der Waals surface area contributed by atoms with Crippen LogP contribution in [0.1, 0.15) is 51.0 Å². The fraction of sp³-hybridized carbons (Fsp3) is 0.650. The standard InChI is InChI=1S/C20H35N3O3.HI/c1-5-6-7-8-9-10-14-22-20(21)23-15-13-16-11-12-17(24-2)19(26-4)18(16)25-3;/h11-12H,5-10,13-15H2,1-4H3,(H3,21,22,23);1H. The summed E-state index contributed by atoms with van der Waals surface area (Å²) in [5.41, 5.74) is 6.96. The molecule has 1 rings (SSSR count). The van der Waals surface area contributed by atoms with E-state index >= 15 is 0 Å². The summed E-state index contributed by atoms with van der Waals surface area (Å²) in [7, 11) is 4.85. The number of benzene rings is 1. The molecule has 6 nitrogen and oxygen atoms in total. The molecule has 156 valence electrons. The number of unbranched alkanes of at least 4 members (excludes halogenated alkanes) is 5. The van der Waals surface area contributed by atoms with E-state index in [9.17, 15) is 0 Å². The second-order valence-corrected chi connectivity index (χ2v) is 6.20. The number of nitrogens with one attached hydrogen (secondary N) is 1. The molecule has 0 aliphatic carbocycles. The number of hydrogen-bond acceptors (Lipinski definition) is 4. The average molecular weight is 493 g/mol. The molecular formula is C20H36IN3O3. The second-order valence-electron chi connectivity index (χ2n) is 6.20. The predicted molar refractivity (Wildman–Crippen MR) is 123 cm³/mol. The minimum absolute atomic E-state index is 0. The number of halogens is 1. The highest BCUT2D eigenvalue weighted by Gasteiger charge is 2.15. The Morgan fingerprint density at radius 2 is 1.63 bits per heavy atom. The van der Waals surface area contributed by atoms with Crippen molar-refractivity contribution in [1.82, 2.24) is 5.32 Å². The number of methoxy groups -OCH3 is 3. The Morgan fingerprint density at radius 1 is 0.963 bits per heavy atom. The van der Waals surface area contributed by atoms with Gasteiger partial charge in [0.25, 0.3) is 0 Å². The lowest BCUT2D eigenvalue weighted by atomic mass is 10.1. The average Bonchev–Trinajstić information content (AvgIpc) is 2.66. The van der Waals surface area contributed by atoms with Crippen LogP contribution in [0.2, 0.25) is 0 Å². The molecule has 3 N–H and O–H groups in total. The van der Waals surface area contributed by atoms with Crippen LogP contribution in [0.5, 0.6) is 17.2 Å². The van der Waals surface area contributed by atoms with E-state index in [1.54, 1.807) is 21.3 Å².